The Kier molecular flexibility index (Phi) is 6.51. The average Bonchev–Trinajstić information content (AvgIpc) is 3.42. The van der Waals surface area contributed by atoms with Crippen molar-refractivity contribution in [3.63, 3.8) is 0 Å². The van der Waals surface area contributed by atoms with Crippen LogP contribution in [0.2, 0.25) is 0 Å². The Hall–Kier alpha value is -3.69. The minimum atomic E-state index is -0.865. The molecule has 182 valence electrons. The number of amides is 1. The molecule has 7 nitrogen and oxygen atoms in total. The van der Waals surface area contributed by atoms with E-state index >= 15 is 0 Å². The summed E-state index contributed by atoms with van der Waals surface area (Å²) in [4.78, 5) is 32.8. The van der Waals surface area contributed by atoms with Gasteiger partial charge in [-0.3, -0.25) is 14.5 Å². The number of nitrogens with zero attached hydrogens (tertiary/aromatic N) is 2. The van der Waals surface area contributed by atoms with Gasteiger partial charge in [0.2, 0.25) is 0 Å². The van der Waals surface area contributed by atoms with Gasteiger partial charge in [-0.1, -0.05) is 51.5 Å². The van der Waals surface area contributed by atoms with E-state index < -0.39 is 17.7 Å². The molecule has 5 rings (SSSR count). The van der Waals surface area contributed by atoms with Crippen LogP contribution in [0.4, 0.5) is 5.13 Å². The number of thiazole rings is 1. The van der Waals surface area contributed by atoms with Crippen molar-refractivity contribution in [3.8, 4) is 11.5 Å². The van der Waals surface area contributed by atoms with Gasteiger partial charge in [-0.25, -0.2) is 4.98 Å². The molecule has 1 aromatic heterocycles. The summed E-state index contributed by atoms with van der Waals surface area (Å²) >= 11 is 4.72. The zero-order valence-corrected chi connectivity index (χ0v) is 21.8. The molecule has 2 heterocycles. The number of aromatic nitrogens is 1. The summed E-state index contributed by atoms with van der Waals surface area (Å²) in [7, 11) is 1.52. The Morgan fingerprint density at radius 2 is 1.86 bits per heavy atom. The van der Waals surface area contributed by atoms with Crippen LogP contribution < -0.4 is 14.4 Å². The zero-order chi connectivity index (χ0) is 25.4. The number of Topliss-reactive ketones (excluding diaryl/α,β-unsaturated/α-hetero) is 1. The number of anilines is 1. The fourth-order valence-electron chi connectivity index (χ4n) is 4.17. The average molecular weight is 565 g/mol. The van der Waals surface area contributed by atoms with Crippen molar-refractivity contribution < 1.29 is 24.2 Å². The summed E-state index contributed by atoms with van der Waals surface area (Å²) in [6.07, 6.45) is 0. The minimum Gasteiger partial charge on any atom is -0.507 e. The molecule has 1 aliphatic rings. The first-order chi connectivity index (χ1) is 17.4. The largest absolute Gasteiger partial charge is 0.507 e. The number of carbonyl (C=O) groups excluding carboxylic acids is 2. The van der Waals surface area contributed by atoms with Gasteiger partial charge in [0.15, 0.2) is 5.13 Å². The molecule has 3 aromatic carbocycles. The summed E-state index contributed by atoms with van der Waals surface area (Å²) in [5.41, 5.74) is 1.71. The Bertz CT molecular complexity index is 1510. The third kappa shape index (κ3) is 4.25. The van der Waals surface area contributed by atoms with Crippen LogP contribution in [0.25, 0.3) is 16.0 Å². The zero-order valence-electron chi connectivity index (χ0n) is 19.4. The van der Waals surface area contributed by atoms with Crippen LogP contribution in [0.15, 0.2) is 76.8 Å². The second-order valence-electron chi connectivity index (χ2n) is 8.01. The number of hydrogen-bond donors (Lipinski definition) is 1. The Morgan fingerprint density at radius 3 is 2.58 bits per heavy atom. The molecule has 0 spiro atoms. The molecular formula is C27H21BrN2O5S. The number of aliphatic hydroxyl groups excluding tert-OH is 1. The topological polar surface area (TPSA) is 89.0 Å². The normalized spacial score (nSPS) is 17.1. The van der Waals surface area contributed by atoms with E-state index in [2.05, 4.69) is 20.9 Å². The lowest BCUT2D eigenvalue weighted by Crippen LogP contribution is -2.29. The van der Waals surface area contributed by atoms with Crippen molar-refractivity contribution in [1.29, 1.82) is 0 Å². The Labute approximate surface area is 219 Å². The van der Waals surface area contributed by atoms with Crippen LogP contribution in [0, 0.1) is 0 Å². The van der Waals surface area contributed by atoms with E-state index in [1.54, 1.807) is 24.3 Å². The lowest BCUT2D eigenvalue weighted by Gasteiger charge is -2.23. The van der Waals surface area contributed by atoms with Crippen LogP contribution >= 0.6 is 27.3 Å². The van der Waals surface area contributed by atoms with Gasteiger partial charge in [-0.15, -0.1) is 0 Å². The van der Waals surface area contributed by atoms with Gasteiger partial charge in [0.25, 0.3) is 5.78 Å². The molecule has 1 saturated heterocycles. The van der Waals surface area contributed by atoms with E-state index in [1.807, 2.05) is 49.4 Å². The maximum Gasteiger partial charge on any atom is 0.301 e. The fraction of sp³-hybridized carbons (Fsp3) is 0.148. The van der Waals surface area contributed by atoms with E-state index in [-0.39, 0.29) is 11.3 Å². The summed E-state index contributed by atoms with van der Waals surface area (Å²) in [5.74, 6) is -0.592. The van der Waals surface area contributed by atoms with Gasteiger partial charge >= 0.3 is 5.91 Å². The number of ether oxygens (including phenoxy) is 2. The Balaban J connectivity index is 1.69. The molecule has 36 heavy (non-hydrogen) atoms. The maximum absolute atomic E-state index is 13.4. The highest BCUT2D eigenvalue weighted by atomic mass is 79.9. The standard InChI is InChI=1S/C27H21BrN2O5S/c1-3-35-19-11-12-20-21(14-19)36-27(29-20)30-23(15-7-9-17(28)10-8-15)22(25(32)26(30)33)24(31)16-5-4-6-18(13-16)34-2/h4-14,23,31H,3H2,1-2H3/b24-22+. The second-order valence-corrected chi connectivity index (χ2v) is 9.94. The van der Waals surface area contributed by atoms with Crippen molar-refractivity contribution in [3.05, 3.63) is 87.9 Å². The van der Waals surface area contributed by atoms with Gasteiger partial charge in [0, 0.05) is 10.0 Å². The molecule has 0 aliphatic carbocycles. The first kappa shape index (κ1) is 24.0. The summed E-state index contributed by atoms with van der Waals surface area (Å²) in [6, 6.07) is 18.6. The SMILES string of the molecule is CCOc1ccc2nc(N3C(=O)C(=O)/C(=C(/O)c4cccc(OC)c4)C3c3ccc(Br)cc3)sc2c1. The highest BCUT2D eigenvalue weighted by Crippen LogP contribution is 2.45. The van der Waals surface area contributed by atoms with Gasteiger partial charge in [-0.2, -0.15) is 0 Å². The van der Waals surface area contributed by atoms with E-state index in [9.17, 15) is 14.7 Å². The minimum absolute atomic E-state index is 0.00941. The van der Waals surface area contributed by atoms with Gasteiger partial charge < -0.3 is 14.6 Å². The van der Waals surface area contributed by atoms with Gasteiger partial charge in [-0.05, 0) is 55.0 Å². The van der Waals surface area contributed by atoms with Crippen molar-refractivity contribution in [2.24, 2.45) is 0 Å². The van der Waals surface area contributed by atoms with E-state index in [1.165, 1.54) is 23.3 Å². The predicted molar refractivity (Wildman–Crippen MR) is 143 cm³/mol. The number of rotatable bonds is 6. The monoisotopic (exact) mass is 564 g/mol. The number of benzene rings is 3. The molecule has 1 amide bonds. The number of hydrogen-bond acceptors (Lipinski definition) is 7. The predicted octanol–water partition coefficient (Wildman–Crippen LogP) is 6.09. The smallest absolute Gasteiger partial charge is 0.301 e. The highest BCUT2D eigenvalue weighted by molar-refractivity contribution is 9.10. The number of carbonyl (C=O) groups is 2. The summed E-state index contributed by atoms with van der Waals surface area (Å²) < 4.78 is 12.5. The quantitative estimate of drug-likeness (QED) is 0.173. The first-order valence-corrected chi connectivity index (χ1v) is 12.8. The maximum atomic E-state index is 13.4. The van der Waals surface area contributed by atoms with Crippen LogP contribution in [-0.4, -0.2) is 35.5 Å². The van der Waals surface area contributed by atoms with Gasteiger partial charge in [0.05, 0.1) is 35.5 Å². The first-order valence-electron chi connectivity index (χ1n) is 11.2. The molecular weight excluding hydrogens is 544 g/mol. The number of fused-ring (bicyclic) bond motifs is 1. The van der Waals surface area contributed by atoms with Crippen molar-refractivity contribution in [2.75, 3.05) is 18.6 Å². The fourth-order valence-corrected chi connectivity index (χ4v) is 5.45. The molecule has 4 aromatic rings. The Morgan fingerprint density at radius 1 is 1.08 bits per heavy atom. The van der Waals surface area contributed by atoms with E-state index in [0.29, 0.717) is 39.9 Å². The van der Waals surface area contributed by atoms with Crippen molar-refractivity contribution >= 4 is 60.1 Å². The number of aliphatic hydroxyl groups is 1. The van der Waals surface area contributed by atoms with Crippen molar-refractivity contribution in [1.82, 2.24) is 4.98 Å². The second kappa shape index (κ2) is 9.75. The third-order valence-electron chi connectivity index (χ3n) is 5.84. The molecule has 9 heteroatoms. The van der Waals surface area contributed by atoms with Crippen LogP contribution in [0.1, 0.15) is 24.1 Å². The van der Waals surface area contributed by atoms with E-state index in [4.69, 9.17) is 9.47 Å². The summed E-state index contributed by atoms with van der Waals surface area (Å²) in [6.45, 7) is 2.43. The lowest BCUT2D eigenvalue weighted by atomic mass is 9.95. The lowest BCUT2D eigenvalue weighted by molar-refractivity contribution is -0.132. The third-order valence-corrected chi connectivity index (χ3v) is 7.39. The molecule has 1 N–H and O–H groups in total. The van der Waals surface area contributed by atoms with Crippen LogP contribution in [0.3, 0.4) is 0 Å². The number of halogens is 1. The molecule has 1 atom stereocenters. The van der Waals surface area contributed by atoms with Crippen LogP contribution in [0.5, 0.6) is 11.5 Å². The molecule has 1 unspecified atom stereocenters. The molecule has 1 fully saturated rings. The summed E-state index contributed by atoms with van der Waals surface area (Å²) in [5, 5.41) is 11.7. The highest BCUT2D eigenvalue weighted by Gasteiger charge is 2.48. The van der Waals surface area contributed by atoms with Crippen LogP contribution in [-0.2, 0) is 9.59 Å². The molecule has 0 radical (unpaired) electrons. The molecule has 1 aliphatic heterocycles. The molecule has 0 saturated carbocycles. The molecule has 0 bridgehead atoms. The van der Waals surface area contributed by atoms with Crippen molar-refractivity contribution in [2.45, 2.75) is 13.0 Å². The number of methoxy groups -OCH3 is 1. The van der Waals surface area contributed by atoms with E-state index in [0.717, 1.165) is 9.17 Å². The number of ketones is 1. The van der Waals surface area contributed by atoms with Gasteiger partial charge in [0.1, 0.15) is 17.3 Å².